The highest BCUT2D eigenvalue weighted by Crippen LogP contribution is 2.15. The molecule has 0 unspecified atom stereocenters. The maximum Gasteiger partial charge on any atom is 0.224 e. The lowest BCUT2D eigenvalue weighted by molar-refractivity contribution is -0.134. The van der Waals surface area contributed by atoms with Gasteiger partial charge in [0.25, 0.3) is 0 Å². The fourth-order valence-corrected chi connectivity index (χ4v) is 2.77. The zero-order valence-corrected chi connectivity index (χ0v) is 12.8. The van der Waals surface area contributed by atoms with Gasteiger partial charge in [-0.25, -0.2) is 0 Å². The molecule has 2 rings (SSSR count). The van der Waals surface area contributed by atoms with Gasteiger partial charge in [0.1, 0.15) is 0 Å². The predicted molar refractivity (Wildman–Crippen MR) is 77.5 cm³/mol. The van der Waals surface area contributed by atoms with Crippen LogP contribution in [0.25, 0.3) is 0 Å². The molecule has 5 nitrogen and oxygen atoms in total. The standard InChI is InChI=1S/C15H25N3O2/c1-4-20-14-5-8-17(9-6-14)15(19)7-10-18-13(3)11-12(2)16-18/h11,14H,4-10H2,1-3H3. The topological polar surface area (TPSA) is 47.4 Å². The number of likely N-dealkylation sites (tertiary alicyclic amines) is 1. The lowest BCUT2D eigenvalue weighted by atomic mass is 10.1. The van der Waals surface area contributed by atoms with Crippen LogP contribution in [0.5, 0.6) is 0 Å². The van der Waals surface area contributed by atoms with Gasteiger partial charge in [0, 0.05) is 38.4 Å². The summed E-state index contributed by atoms with van der Waals surface area (Å²) in [6.45, 7) is 9.09. The van der Waals surface area contributed by atoms with Gasteiger partial charge in [0.2, 0.25) is 5.91 Å². The molecule has 0 bridgehead atoms. The van der Waals surface area contributed by atoms with Crippen LogP contribution in [0.3, 0.4) is 0 Å². The lowest BCUT2D eigenvalue weighted by Crippen LogP contribution is -2.41. The van der Waals surface area contributed by atoms with E-state index < -0.39 is 0 Å². The van der Waals surface area contributed by atoms with Gasteiger partial charge in [-0.2, -0.15) is 5.10 Å². The number of ether oxygens (including phenoxy) is 1. The first kappa shape index (κ1) is 15.0. The van der Waals surface area contributed by atoms with E-state index in [2.05, 4.69) is 5.10 Å². The van der Waals surface area contributed by atoms with Gasteiger partial charge < -0.3 is 9.64 Å². The number of aromatic nitrogens is 2. The Morgan fingerprint density at radius 2 is 2.10 bits per heavy atom. The normalized spacial score (nSPS) is 16.6. The van der Waals surface area contributed by atoms with Gasteiger partial charge in [0.15, 0.2) is 0 Å². The Labute approximate surface area is 120 Å². The quantitative estimate of drug-likeness (QED) is 0.827. The van der Waals surface area contributed by atoms with Gasteiger partial charge in [-0.3, -0.25) is 9.48 Å². The Morgan fingerprint density at radius 3 is 2.65 bits per heavy atom. The molecule has 1 fully saturated rings. The molecule has 0 radical (unpaired) electrons. The average Bonchev–Trinajstić information content (AvgIpc) is 2.75. The summed E-state index contributed by atoms with van der Waals surface area (Å²) in [5.41, 5.74) is 2.12. The SMILES string of the molecule is CCOC1CCN(C(=O)CCn2nc(C)cc2C)CC1. The van der Waals surface area contributed by atoms with Crippen LogP contribution in [0.15, 0.2) is 6.07 Å². The molecule has 20 heavy (non-hydrogen) atoms. The Balaban J connectivity index is 1.77. The predicted octanol–water partition coefficient (Wildman–Crippen LogP) is 1.92. The number of piperidine rings is 1. The van der Waals surface area contributed by atoms with Gasteiger partial charge in [0.05, 0.1) is 11.8 Å². The van der Waals surface area contributed by atoms with Crippen molar-refractivity contribution < 1.29 is 9.53 Å². The second-order valence-corrected chi connectivity index (χ2v) is 5.44. The molecule has 1 aliphatic rings. The lowest BCUT2D eigenvalue weighted by Gasteiger charge is -2.31. The summed E-state index contributed by atoms with van der Waals surface area (Å²) in [6, 6.07) is 2.04. The van der Waals surface area contributed by atoms with E-state index in [0.717, 1.165) is 43.9 Å². The molecule has 1 saturated heterocycles. The fraction of sp³-hybridized carbons (Fsp3) is 0.733. The summed E-state index contributed by atoms with van der Waals surface area (Å²) in [5.74, 6) is 0.229. The Bertz CT molecular complexity index is 448. The third-order valence-corrected chi connectivity index (χ3v) is 3.84. The van der Waals surface area contributed by atoms with E-state index >= 15 is 0 Å². The Kier molecular flexibility index (Phi) is 5.17. The summed E-state index contributed by atoms with van der Waals surface area (Å²) < 4.78 is 7.52. The third kappa shape index (κ3) is 3.82. The van der Waals surface area contributed by atoms with Crippen molar-refractivity contribution in [1.82, 2.24) is 14.7 Å². The number of hydrogen-bond acceptors (Lipinski definition) is 3. The first-order chi connectivity index (χ1) is 9.60. The molecule has 0 saturated carbocycles. The number of aryl methyl sites for hydroxylation is 3. The molecule has 1 aliphatic heterocycles. The monoisotopic (exact) mass is 279 g/mol. The highest BCUT2D eigenvalue weighted by Gasteiger charge is 2.22. The minimum absolute atomic E-state index is 0.229. The summed E-state index contributed by atoms with van der Waals surface area (Å²) >= 11 is 0. The van der Waals surface area contributed by atoms with E-state index in [4.69, 9.17) is 4.74 Å². The molecule has 1 aromatic rings. The number of rotatable bonds is 5. The van der Waals surface area contributed by atoms with E-state index in [9.17, 15) is 4.79 Å². The molecule has 2 heterocycles. The number of amides is 1. The first-order valence-corrected chi connectivity index (χ1v) is 7.50. The molecule has 0 spiro atoms. The van der Waals surface area contributed by atoms with Crippen LogP contribution in [0, 0.1) is 13.8 Å². The van der Waals surface area contributed by atoms with Crippen molar-refractivity contribution in [3.8, 4) is 0 Å². The van der Waals surface area contributed by atoms with Crippen LogP contribution < -0.4 is 0 Å². The second kappa shape index (κ2) is 6.88. The molecule has 0 atom stereocenters. The molecule has 0 aliphatic carbocycles. The molecule has 1 aromatic heterocycles. The Morgan fingerprint density at radius 1 is 1.40 bits per heavy atom. The van der Waals surface area contributed by atoms with Crippen molar-refractivity contribution in [1.29, 1.82) is 0 Å². The first-order valence-electron chi connectivity index (χ1n) is 7.50. The van der Waals surface area contributed by atoms with Crippen molar-refractivity contribution in [3.05, 3.63) is 17.5 Å². The van der Waals surface area contributed by atoms with E-state index in [0.29, 0.717) is 19.1 Å². The van der Waals surface area contributed by atoms with E-state index in [1.807, 2.05) is 36.4 Å². The molecule has 1 amide bonds. The molecular weight excluding hydrogens is 254 g/mol. The van der Waals surface area contributed by atoms with Crippen molar-refractivity contribution in [2.75, 3.05) is 19.7 Å². The number of carbonyl (C=O) groups excluding carboxylic acids is 1. The number of carbonyl (C=O) groups is 1. The van der Waals surface area contributed by atoms with Crippen molar-refractivity contribution >= 4 is 5.91 Å². The molecule has 0 N–H and O–H groups in total. The zero-order valence-electron chi connectivity index (χ0n) is 12.8. The summed E-state index contributed by atoms with van der Waals surface area (Å²) in [7, 11) is 0. The van der Waals surface area contributed by atoms with E-state index in [-0.39, 0.29) is 5.91 Å². The maximum absolute atomic E-state index is 12.2. The summed E-state index contributed by atoms with van der Waals surface area (Å²) in [5, 5.41) is 4.39. The minimum Gasteiger partial charge on any atom is -0.378 e. The molecule has 0 aromatic carbocycles. The van der Waals surface area contributed by atoms with Crippen LogP contribution in [0.4, 0.5) is 0 Å². The van der Waals surface area contributed by atoms with Gasteiger partial charge >= 0.3 is 0 Å². The van der Waals surface area contributed by atoms with Crippen LogP contribution in [-0.4, -0.2) is 46.4 Å². The Hall–Kier alpha value is -1.36. The second-order valence-electron chi connectivity index (χ2n) is 5.44. The summed E-state index contributed by atoms with van der Waals surface area (Å²) in [4.78, 5) is 14.2. The third-order valence-electron chi connectivity index (χ3n) is 3.84. The van der Waals surface area contributed by atoms with E-state index in [1.165, 1.54) is 0 Å². The fourth-order valence-electron chi connectivity index (χ4n) is 2.77. The van der Waals surface area contributed by atoms with Crippen molar-refractivity contribution in [2.45, 2.75) is 52.7 Å². The van der Waals surface area contributed by atoms with Crippen LogP contribution in [0.2, 0.25) is 0 Å². The van der Waals surface area contributed by atoms with Crippen LogP contribution >= 0.6 is 0 Å². The largest absolute Gasteiger partial charge is 0.378 e. The highest BCUT2D eigenvalue weighted by molar-refractivity contribution is 5.76. The molecule has 5 heteroatoms. The smallest absolute Gasteiger partial charge is 0.224 e. The van der Waals surface area contributed by atoms with Crippen molar-refractivity contribution in [2.24, 2.45) is 0 Å². The van der Waals surface area contributed by atoms with Gasteiger partial charge in [-0.05, 0) is 39.7 Å². The van der Waals surface area contributed by atoms with E-state index in [1.54, 1.807) is 0 Å². The number of hydrogen-bond donors (Lipinski definition) is 0. The molecule has 112 valence electrons. The van der Waals surface area contributed by atoms with Crippen LogP contribution in [-0.2, 0) is 16.1 Å². The zero-order chi connectivity index (χ0) is 14.5. The highest BCUT2D eigenvalue weighted by atomic mass is 16.5. The van der Waals surface area contributed by atoms with Gasteiger partial charge in [-0.1, -0.05) is 0 Å². The minimum atomic E-state index is 0.229. The maximum atomic E-state index is 12.2. The molecular formula is C15H25N3O2. The average molecular weight is 279 g/mol. The summed E-state index contributed by atoms with van der Waals surface area (Å²) in [6.07, 6.45) is 2.78. The van der Waals surface area contributed by atoms with Crippen LogP contribution in [0.1, 0.15) is 37.6 Å². The van der Waals surface area contributed by atoms with Crippen molar-refractivity contribution in [3.63, 3.8) is 0 Å². The number of nitrogens with zero attached hydrogens (tertiary/aromatic N) is 3. The van der Waals surface area contributed by atoms with Gasteiger partial charge in [-0.15, -0.1) is 0 Å².